The molecule has 110 valence electrons. The van der Waals surface area contributed by atoms with Crippen molar-refractivity contribution in [2.45, 2.75) is 36.9 Å². The van der Waals surface area contributed by atoms with Crippen LogP contribution in [-0.4, -0.2) is 61.6 Å². The first-order valence-electron chi connectivity index (χ1n) is 7.07. The van der Waals surface area contributed by atoms with E-state index in [1.807, 2.05) is 4.68 Å². The molecule has 1 amide bonds. The molecule has 1 heterocycles. The molecule has 0 aliphatic heterocycles. The Bertz CT molecular complexity index is 472. The highest BCUT2D eigenvalue weighted by Crippen LogP contribution is 2.36. The summed E-state index contributed by atoms with van der Waals surface area (Å²) in [4.78, 5) is 14.0. The number of nitrogens with zero attached hydrogens (tertiary/aromatic N) is 5. The molecule has 2 aliphatic carbocycles. The van der Waals surface area contributed by atoms with Crippen molar-refractivity contribution in [3.8, 4) is 0 Å². The number of thioether (sulfide) groups is 1. The molecule has 0 spiro atoms. The van der Waals surface area contributed by atoms with Gasteiger partial charge in [-0.05, 0) is 42.0 Å². The SMILES string of the molecule is O=C(CSc1nnnn1C1CC1)N(CCO)CC1CC1. The summed E-state index contributed by atoms with van der Waals surface area (Å²) < 4.78 is 1.81. The molecule has 0 atom stereocenters. The number of aliphatic hydroxyl groups is 1. The molecule has 7 nitrogen and oxygen atoms in total. The highest BCUT2D eigenvalue weighted by molar-refractivity contribution is 7.99. The molecule has 20 heavy (non-hydrogen) atoms. The lowest BCUT2D eigenvalue weighted by molar-refractivity contribution is -0.129. The van der Waals surface area contributed by atoms with Gasteiger partial charge in [-0.1, -0.05) is 11.8 Å². The molecule has 2 saturated carbocycles. The third-order valence-electron chi connectivity index (χ3n) is 3.58. The maximum absolute atomic E-state index is 12.2. The largest absolute Gasteiger partial charge is 0.395 e. The second-order valence-electron chi connectivity index (χ2n) is 5.43. The summed E-state index contributed by atoms with van der Waals surface area (Å²) in [6.45, 7) is 1.21. The van der Waals surface area contributed by atoms with Crippen LogP contribution in [0.3, 0.4) is 0 Å². The van der Waals surface area contributed by atoms with Crippen LogP contribution in [0.2, 0.25) is 0 Å². The van der Waals surface area contributed by atoms with Crippen molar-refractivity contribution in [1.82, 2.24) is 25.1 Å². The van der Waals surface area contributed by atoms with Crippen LogP contribution in [-0.2, 0) is 4.79 Å². The molecule has 1 aromatic rings. The normalized spacial score (nSPS) is 18.2. The number of carbonyl (C=O) groups excluding carboxylic acids is 1. The number of hydrogen-bond acceptors (Lipinski definition) is 6. The molecule has 0 radical (unpaired) electrons. The molecule has 1 aromatic heterocycles. The van der Waals surface area contributed by atoms with Gasteiger partial charge in [0.1, 0.15) is 0 Å². The van der Waals surface area contributed by atoms with E-state index >= 15 is 0 Å². The molecule has 8 heteroatoms. The first-order chi connectivity index (χ1) is 9.78. The minimum absolute atomic E-state index is 0.0168. The summed E-state index contributed by atoms with van der Waals surface area (Å²) in [5, 5.41) is 21.4. The fourth-order valence-electron chi connectivity index (χ4n) is 2.10. The average molecular weight is 297 g/mol. The number of hydrogen-bond donors (Lipinski definition) is 1. The zero-order valence-electron chi connectivity index (χ0n) is 11.3. The Labute approximate surface area is 121 Å². The molecular formula is C12H19N5O2S. The zero-order chi connectivity index (χ0) is 13.9. The quantitative estimate of drug-likeness (QED) is 0.696. The van der Waals surface area contributed by atoms with E-state index in [9.17, 15) is 4.79 Å². The number of rotatable bonds is 8. The van der Waals surface area contributed by atoms with Gasteiger partial charge in [-0.25, -0.2) is 4.68 Å². The van der Waals surface area contributed by atoms with E-state index in [0.29, 0.717) is 24.3 Å². The van der Waals surface area contributed by atoms with E-state index in [0.717, 1.165) is 24.5 Å². The van der Waals surface area contributed by atoms with Gasteiger partial charge in [-0.15, -0.1) is 5.10 Å². The molecule has 3 rings (SSSR count). The first-order valence-corrected chi connectivity index (χ1v) is 8.06. The molecule has 2 fully saturated rings. The number of tetrazole rings is 1. The smallest absolute Gasteiger partial charge is 0.233 e. The Morgan fingerprint density at radius 2 is 2.20 bits per heavy atom. The monoisotopic (exact) mass is 297 g/mol. The lowest BCUT2D eigenvalue weighted by atomic mass is 10.3. The van der Waals surface area contributed by atoms with Gasteiger partial charge >= 0.3 is 0 Å². The lowest BCUT2D eigenvalue weighted by Crippen LogP contribution is -2.36. The molecule has 1 N–H and O–H groups in total. The number of amides is 1. The summed E-state index contributed by atoms with van der Waals surface area (Å²) in [6.07, 6.45) is 4.63. The predicted octanol–water partition coefficient (Wildman–Crippen LogP) is 0.331. The predicted molar refractivity (Wildman–Crippen MR) is 73.2 cm³/mol. The fourth-order valence-corrected chi connectivity index (χ4v) is 2.94. The van der Waals surface area contributed by atoms with Crippen LogP contribution in [0.15, 0.2) is 5.16 Å². The highest BCUT2D eigenvalue weighted by atomic mass is 32.2. The van der Waals surface area contributed by atoms with E-state index in [-0.39, 0.29) is 12.5 Å². The fraction of sp³-hybridized carbons (Fsp3) is 0.833. The van der Waals surface area contributed by atoms with Gasteiger partial charge < -0.3 is 10.0 Å². The van der Waals surface area contributed by atoms with Crippen molar-refractivity contribution in [3.05, 3.63) is 0 Å². The first kappa shape index (κ1) is 13.8. The van der Waals surface area contributed by atoms with Gasteiger partial charge in [0, 0.05) is 13.1 Å². The molecule has 2 aliphatic rings. The van der Waals surface area contributed by atoms with Crippen LogP contribution in [0.4, 0.5) is 0 Å². The lowest BCUT2D eigenvalue weighted by Gasteiger charge is -2.21. The maximum Gasteiger partial charge on any atom is 0.233 e. The van der Waals surface area contributed by atoms with Gasteiger partial charge in [-0.3, -0.25) is 4.79 Å². The standard InChI is InChI=1S/C12H19N5O2S/c18-6-5-16(7-9-1-2-9)11(19)8-20-12-13-14-15-17(12)10-3-4-10/h9-10,18H,1-8H2. The Balaban J connectivity index is 1.52. The van der Waals surface area contributed by atoms with Crippen molar-refractivity contribution in [2.75, 3.05) is 25.4 Å². The Morgan fingerprint density at radius 3 is 2.85 bits per heavy atom. The van der Waals surface area contributed by atoms with Gasteiger partial charge in [-0.2, -0.15) is 0 Å². The third-order valence-corrected chi connectivity index (χ3v) is 4.50. The minimum Gasteiger partial charge on any atom is -0.395 e. The Hall–Kier alpha value is -1.15. The number of aromatic nitrogens is 4. The topological polar surface area (TPSA) is 84.1 Å². The van der Waals surface area contributed by atoms with Crippen LogP contribution in [0.5, 0.6) is 0 Å². The molecular weight excluding hydrogens is 278 g/mol. The van der Waals surface area contributed by atoms with Crippen LogP contribution >= 0.6 is 11.8 Å². The van der Waals surface area contributed by atoms with Gasteiger partial charge in [0.25, 0.3) is 0 Å². The second-order valence-corrected chi connectivity index (χ2v) is 6.38. The zero-order valence-corrected chi connectivity index (χ0v) is 12.1. The van der Waals surface area contributed by atoms with Gasteiger partial charge in [0.2, 0.25) is 11.1 Å². The van der Waals surface area contributed by atoms with E-state index in [4.69, 9.17) is 5.11 Å². The van der Waals surface area contributed by atoms with Gasteiger partial charge in [0.15, 0.2) is 0 Å². The van der Waals surface area contributed by atoms with Crippen LogP contribution < -0.4 is 0 Å². The number of carbonyl (C=O) groups is 1. The minimum atomic E-state index is 0.0168. The highest BCUT2D eigenvalue weighted by Gasteiger charge is 2.29. The molecule has 0 bridgehead atoms. The third kappa shape index (κ3) is 3.49. The average Bonchev–Trinajstić information content (AvgIpc) is 3.37. The summed E-state index contributed by atoms with van der Waals surface area (Å²) in [5.74, 6) is 1.02. The van der Waals surface area contributed by atoms with Crippen molar-refractivity contribution in [3.63, 3.8) is 0 Å². The summed E-state index contributed by atoms with van der Waals surface area (Å²) in [7, 11) is 0. The molecule has 0 saturated heterocycles. The van der Waals surface area contributed by atoms with Crippen molar-refractivity contribution >= 4 is 17.7 Å². The summed E-state index contributed by atoms with van der Waals surface area (Å²) in [5.41, 5.74) is 0. The van der Waals surface area contributed by atoms with Gasteiger partial charge in [0.05, 0.1) is 18.4 Å². The molecule has 0 unspecified atom stereocenters. The number of aliphatic hydroxyl groups excluding tert-OH is 1. The van der Waals surface area contributed by atoms with Crippen LogP contribution in [0, 0.1) is 5.92 Å². The Morgan fingerprint density at radius 1 is 1.40 bits per heavy atom. The van der Waals surface area contributed by atoms with E-state index in [2.05, 4.69) is 15.5 Å². The van der Waals surface area contributed by atoms with Crippen molar-refractivity contribution in [1.29, 1.82) is 0 Å². The Kier molecular flexibility index (Phi) is 4.21. The summed E-state index contributed by atoms with van der Waals surface area (Å²) in [6, 6.07) is 0.419. The van der Waals surface area contributed by atoms with E-state index in [1.54, 1.807) is 4.90 Å². The van der Waals surface area contributed by atoms with Crippen LogP contribution in [0.1, 0.15) is 31.7 Å². The van der Waals surface area contributed by atoms with Crippen LogP contribution in [0.25, 0.3) is 0 Å². The van der Waals surface area contributed by atoms with Crippen molar-refractivity contribution < 1.29 is 9.90 Å². The maximum atomic E-state index is 12.2. The van der Waals surface area contributed by atoms with E-state index in [1.165, 1.54) is 24.6 Å². The van der Waals surface area contributed by atoms with Crippen molar-refractivity contribution in [2.24, 2.45) is 5.92 Å². The summed E-state index contributed by atoms with van der Waals surface area (Å²) >= 11 is 1.39. The van der Waals surface area contributed by atoms with E-state index < -0.39 is 0 Å². The molecule has 0 aromatic carbocycles. The second kappa shape index (κ2) is 6.09.